The highest BCUT2D eigenvalue weighted by Crippen LogP contribution is 1.76. The third-order valence-corrected chi connectivity index (χ3v) is 0.933. The van der Waals surface area contributed by atoms with Gasteiger partial charge in [0, 0.05) is 6.04 Å². The summed E-state index contributed by atoms with van der Waals surface area (Å²) >= 11 is 0. The number of nitrogens with one attached hydrogen (secondary N) is 1. The van der Waals surface area contributed by atoms with Gasteiger partial charge in [-0.15, -0.1) is 0 Å². The molecule has 0 atom stereocenters. The molecule has 0 aliphatic rings. The van der Waals surface area contributed by atoms with Gasteiger partial charge in [-0.05, 0) is 19.5 Å². The highest BCUT2D eigenvalue weighted by molar-refractivity contribution is 4.51. The average Bonchev–Trinajstić information content (AvgIpc) is 1.92. The van der Waals surface area contributed by atoms with Gasteiger partial charge < -0.3 is 11.1 Å². The van der Waals surface area contributed by atoms with Crippen LogP contribution in [0.2, 0.25) is 0 Å². The minimum absolute atomic E-state index is 0. The first kappa shape index (κ1) is 12.5. The Morgan fingerprint density at radius 1 is 1.60 bits per heavy atom. The predicted octanol–water partition coefficient (Wildman–Crippen LogP) is 1.12. The molecular formula is C7H21FN2. The molecule has 0 spiro atoms. The van der Waals surface area contributed by atoms with Gasteiger partial charge in [0.25, 0.3) is 1.45 Å². The third kappa shape index (κ3) is 15.7. The molecule has 0 rings (SSSR count). The van der Waals surface area contributed by atoms with Crippen molar-refractivity contribution in [1.82, 2.24) is 5.32 Å². The molecule has 66 valence electrons. The molecule has 0 saturated carbocycles. The molecule has 0 aromatic rings. The number of nitrogens with two attached hydrogens (primary N) is 1. The summed E-state index contributed by atoms with van der Waals surface area (Å²) in [5.41, 5.74) is 5.27. The number of hydrogen-bond acceptors (Lipinski definition) is 2. The highest BCUT2D eigenvalue weighted by atomic mass is 19.0. The quantitative estimate of drug-likeness (QED) is 0.596. The van der Waals surface area contributed by atoms with Gasteiger partial charge in [0.2, 0.25) is 0 Å². The van der Waals surface area contributed by atoms with E-state index in [2.05, 4.69) is 20.6 Å². The topological polar surface area (TPSA) is 38.0 Å². The van der Waals surface area contributed by atoms with Crippen molar-refractivity contribution in [2.45, 2.75) is 33.7 Å². The van der Waals surface area contributed by atoms with E-state index in [1.165, 1.54) is 0 Å². The zero-order valence-electron chi connectivity index (χ0n) is 7.15. The van der Waals surface area contributed by atoms with Crippen LogP contribution in [0.15, 0.2) is 0 Å². The average molecular weight is 154 g/mol. The first-order valence-corrected chi connectivity index (χ1v) is 3.21. The second kappa shape index (κ2) is 11.6. The Bertz CT molecular complexity index is 53.7. The molecule has 0 bridgehead atoms. The Morgan fingerprint density at radius 3 is 2.40 bits per heavy atom. The van der Waals surface area contributed by atoms with Crippen molar-refractivity contribution in [3.8, 4) is 0 Å². The first-order valence-electron chi connectivity index (χ1n) is 3.58. The van der Waals surface area contributed by atoms with Gasteiger partial charge in [0.1, 0.15) is 0 Å². The summed E-state index contributed by atoms with van der Waals surface area (Å²) in [4.78, 5) is 0. The maximum Gasteiger partial charge on any atom is 0.269 e. The normalized spacial score (nSPS) is 9.10. The van der Waals surface area contributed by atoms with Crippen molar-refractivity contribution < 1.29 is 4.72 Å². The Labute approximate surface area is 65.1 Å². The fraction of sp³-hybridized carbons (Fsp3) is 1.00. The molecule has 0 aromatic heterocycles. The van der Waals surface area contributed by atoms with Crippen molar-refractivity contribution >= 4 is 0 Å². The summed E-state index contributed by atoms with van der Waals surface area (Å²) in [6.45, 7) is 6.11. The zero-order chi connectivity index (χ0) is 8.41. The molecule has 0 aliphatic carbocycles. The zero-order valence-corrected chi connectivity index (χ0v) is 6.15. The third-order valence-electron chi connectivity index (χ3n) is 0.933. The molecule has 0 radical (unpaired) electrons. The molecule has 3 heteroatoms. The van der Waals surface area contributed by atoms with Gasteiger partial charge in [0.05, 0.1) is 0 Å². The minimum Gasteiger partial charge on any atom is -0.330 e. The van der Waals surface area contributed by atoms with Crippen LogP contribution in [-0.2, 0) is 0 Å². The van der Waals surface area contributed by atoms with Crippen molar-refractivity contribution in [3.05, 3.63) is 0 Å². The van der Waals surface area contributed by atoms with Gasteiger partial charge >= 0.3 is 0 Å². The summed E-state index contributed by atoms with van der Waals surface area (Å²) in [6, 6.07) is 0.599. The second-order valence-corrected chi connectivity index (χ2v) is 2.25. The largest absolute Gasteiger partial charge is 0.330 e. The smallest absolute Gasteiger partial charge is 0.269 e. The summed E-state index contributed by atoms with van der Waals surface area (Å²) in [5.74, 6) is 0. The Hall–Kier alpha value is -0.150. The molecule has 0 unspecified atom stereocenters. The summed E-state index contributed by atoms with van der Waals surface area (Å²) in [7, 11) is 0. The van der Waals surface area contributed by atoms with E-state index in [-0.39, 0.29) is 7.43 Å². The standard InChI is InChI=1S/C6H16N2.CH4.FH/c1-6(2)8-5-3-4-7;;/h6,8H,3-5,7H2,1-2H3;1H4;1H/i/hT. The SMILES string of the molecule is C.CC(C)NCCCN.[3H]F. The van der Waals surface area contributed by atoms with E-state index in [1.807, 2.05) is 0 Å². The van der Waals surface area contributed by atoms with Crippen LogP contribution in [0.1, 0.15) is 27.7 Å². The number of hydrogen-bond donors (Lipinski definition) is 2. The van der Waals surface area contributed by atoms with E-state index in [0.29, 0.717) is 6.04 Å². The molecule has 3 N–H and O–H groups in total. The lowest BCUT2D eigenvalue weighted by atomic mass is 10.3. The Morgan fingerprint density at radius 2 is 2.10 bits per heavy atom. The van der Waals surface area contributed by atoms with Crippen LogP contribution >= 0.6 is 0 Å². The lowest BCUT2D eigenvalue weighted by Crippen LogP contribution is -2.25. The summed E-state index contributed by atoms with van der Waals surface area (Å²) in [5, 5.41) is 3.27. The maximum absolute atomic E-state index is 8.75. The molecule has 0 saturated heterocycles. The van der Waals surface area contributed by atoms with Crippen LogP contribution in [0.25, 0.3) is 0 Å². The van der Waals surface area contributed by atoms with Crippen LogP contribution in [0.3, 0.4) is 0 Å². The van der Waals surface area contributed by atoms with E-state index in [9.17, 15) is 0 Å². The Balaban J connectivity index is -0.000000196. The number of halogens is 1. The molecule has 0 heterocycles. The van der Waals surface area contributed by atoms with Crippen LogP contribution in [-0.4, -0.2) is 20.6 Å². The van der Waals surface area contributed by atoms with Gasteiger partial charge in [-0.1, -0.05) is 21.3 Å². The predicted molar refractivity (Wildman–Crippen MR) is 46.0 cm³/mol. The molecule has 0 amide bonds. The summed E-state index contributed by atoms with van der Waals surface area (Å²) < 4.78 is 13.0. The molecule has 0 fully saturated rings. The monoisotopic (exact) mass is 154 g/mol. The fourth-order valence-electron chi connectivity index (χ4n) is 0.493. The van der Waals surface area contributed by atoms with Crippen LogP contribution in [0, 0.1) is 0 Å². The molecule has 0 aliphatic heterocycles. The van der Waals surface area contributed by atoms with E-state index >= 15 is 0 Å². The van der Waals surface area contributed by atoms with Gasteiger partial charge in [-0.3, -0.25) is 4.72 Å². The molecular weight excluding hydrogens is 131 g/mol. The van der Waals surface area contributed by atoms with Crippen LogP contribution < -0.4 is 11.1 Å². The van der Waals surface area contributed by atoms with Crippen LogP contribution in [0.4, 0.5) is 4.72 Å². The highest BCUT2D eigenvalue weighted by Gasteiger charge is 1.87. The van der Waals surface area contributed by atoms with E-state index < -0.39 is 0 Å². The lowest BCUT2D eigenvalue weighted by molar-refractivity contribution is 0.574. The maximum atomic E-state index is 8.75. The van der Waals surface area contributed by atoms with Crippen molar-refractivity contribution in [2.24, 2.45) is 5.73 Å². The molecule has 10 heavy (non-hydrogen) atoms. The van der Waals surface area contributed by atoms with Gasteiger partial charge in [0.15, 0.2) is 0 Å². The van der Waals surface area contributed by atoms with Gasteiger partial charge in [-0.25, -0.2) is 0 Å². The van der Waals surface area contributed by atoms with Gasteiger partial charge in [-0.2, -0.15) is 0 Å². The fourth-order valence-corrected chi connectivity index (χ4v) is 0.493. The van der Waals surface area contributed by atoms with E-state index in [4.69, 9.17) is 10.5 Å². The lowest BCUT2D eigenvalue weighted by Gasteiger charge is -2.04. The second-order valence-electron chi connectivity index (χ2n) is 2.25. The Kier molecular flexibility index (Phi) is 14.6. The summed E-state index contributed by atoms with van der Waals surface area (Å²) in [6.07, 6.45) is 1.08. The molecule has 2 nitrogen and oxygen atoms in total. The van der Waals surface area contributed by atoms with E-state index in [1.54, 1.807) is 0 Å². The minimum atomic E-state index is 0. The van der Waals surface area contributed by atoms with E-state index in [0.717, 1.165) is 19.5 Å². The van der Waals surface area contributed by atoms with Crippen molar-refractivity contribution in [2.75, 3.05) is 13.1 Å². The molecule has 0 aromatic carbocycles. The van der Waals surface area contributed by atoms with Crippen molar-refractivity contribution in [1.29, 1.82) is 1.45 Å². The first-order chi connectivity index (χ1) is 4.77. The number of rotatable bonds is 4. The van der Waals surface area contributed by atoms with Crippen LogP contribution in [0.5, 0.6) is 0 Å². The van der Waals surface area contributed by atoms with Crippen molar-refractivity contribution in [3.63, 3.8) is 0 Å².